The number of Topliss-reactive ketones (excluding diaryl/α,β-unsaturated/α-hetero) is 1. The molecule has 0 radical (unpaired) electrons. The third-order valence-corrected chi connectivity index (χ3v) is 5.57. The molecule has 0 N–H and O–H groups in total. The fraction of sp³-hybridized carbons (Fsp3) is 0.375. The number of benzene rings is 1. The number of nitrogens with zero attached hydrogens (tertiary/aromatic N) is 2. The van der Waals surface area contributed by atoms with Crippen LogP contribution in [-0.2, 0) is 11.3 Å². The van der Waals surface area contributed by atoms with E-state index in [0.29, 0.717) is 39.6 Å². The highest BCUT2D eigenvalue weighted by Gasteiger charge is 2.32. The molecular formula is C24H29ClN2O4. The Bertz CT molecular complexity index is 992. The smallest absolute Gasteiger partial charge is 0.355 e. The van der Waals surface area contributed by atoms with Crippen LogP contribution in [-0.4, -0.2) is 46.3 Å². The highest BCUT2D eigenvalue weighted by atomic mass is 35.5. The van der Waals surface area contributed by atoms with E-state index in [1.165, 1.54) is 4.90 Å². The van der Waals surface area contributed by atoms with Crippen LogP contribution in [0.25, 0.3) is 0 Å². The van der Waals surface area contributed by atoms with Crippen molar-refractivity contribution < 1.29 is 19.1 Å². The number of hydrogen-bond donors (Lipinski definition) is 0. The molecule has 0 aliphatic heterocycles. The molecule has 1 heterocycles. The van der Waals surface area contributed by atoms with Gasteiger partial charge in [-0.15, -0.1) is 6.58 Å². The van der Waals surface area contributed by atoms with Crippen molar-refractivity contribution in [3.05, 3.63) is 70.0 Å². The minimum absolute atomic E-state index is 0.200. The lowest BCUT2D eigenvalue weighted by Crippen LogP contribution is -2.43. The van der Waals surface area contributed by atoms with E-state index in [2.05, 4.69) is 6.58 Å². The number of ether oxygens (including phenoxy) is 1. The molecule has 2 aromatic rings. The minimum Gasteiger partial charge on any atom is -0.461 e. The first-order valence-electron chi connectivity index (χ1n) is 10.3. The maximum atomic E-state index is 13.5. The lowest BCUT2D eigenvalue weighted by atomic mass is 9.99. The van der Waals surface area contributed by atoms with E-state index >= 15 is 0 Å². The first kappa shape index (κ1) is 24.4. The Morgan fingerprint density at radius 3 is 2.32 bits per heavy atom. The monoisotopic (exact) mass is 444 g/mol. The second-order valence-corrected chi connectivity index (χ2v) is 7.63. The van der Waals surface area contributed by atoms with Crippen LogP contribution in [0.15, 0.2) is 36.9 Å². The maximum Gasteiger partial charge on any atom is 0.355 e. The number of halogens is 1. The standard InChI is InChI=1S/C24H29ClN2O4/c1-7-14-27(23(29)18-10-12-19(25)13-11-18)17(6)22(28)20-15(4)21(24(30)31-9-3)26(8-2)16(20)5/h7,10-13,17H,1,8-9,14H2,2-6H3. The number of ketones is 1. The van der Waals surface area contributed by atoms with Crippen molar-refractivity contribution in [3.8, 4) is 0 Å². The summed E-state index contributed by atoms with van der Waals surface area (Å²) < 4.78 is 6.98. The van der Waals surface area contributed by atoms with Crippen LogP contribution < -0.4 is 0 Å². The second kappa shape index (κ2) is 10.4. The minimum atomic E-state index is -0.763. The molecule has 0 aliphatic rings. The summed E-state index contributed by atoms with van der Waals surface area (Å²) in [7, 11) is 0. The van der Waals surface area contributed by atoms with Crippen LogP contribution >= 0.6 is 11.6 Å². The Labute approximate surface area is 188 Å². The molecule has 0 aliphatic carbocycles. The molecule has 1 atom stereocenters. The number of esters is 1. The van der Waals surface area contributed by atoms with Gasteiger partial charge in [-0.3, -0.25) is 9.59 Å². The number of amides is 1. The zero-order valence-electron chi connectivity index (χ0n) is 18.7. The average Bonchev–Trinajstić information content (AvgIpc) is 3.00. The van der Waals surface area contributed by atoms with Gasteiger partial charge in [-0.2, -0.15) is 0 Å². The van der Waals surface area contributed by atoms with Gasteiger partial charge < -0.3 is 14.2 Å². The summed E-state index contributed by atoms with van der Waals surface area (Å²) >= 11 is 5.93. The fourth-order valence-corrected chi connectivity index (χ4v) is 3.91. The quantitative estimate of drug-likeness (QED) is 0.315. The Morgan fingerprint density at radius 1 is 1.19 bits per heavy atom. The molecule has 7 heteroatoms. The van der Waals surface area contributed by atoms with Gasteiger partial charge in [0.05, 0.1) is 12.6 Å². The summed E-state index contributed by atoms with van der Waals surface area (Å²) in [4.78, 5) is 40.6. The molecule has 6 nitrogen and oxygen atoms in total. The largest absolute Gasteiger partial charge is 0.461 e. The molecule has 1 aromatic carbocycles. The van der Waals surface area contributed by atoms with Gasteiger partial charge in [0.15, 0.2) is 5.78 Å². The molecular weight excluding hydrogens is 416 g/mol. The van der Waals surface area contributed by atoms with Gasteiger partial charge >= 0.3 is 5.97 Å². The molecule has 0 saturated carbocycles. The third-order valence-electron chi connectivity index (χ3n) is 5.32. The lowest BCUT2D eigenvalue weighted by Gasteiger charge is -2.27. The highest BCUT2D eigenvalue weighted by Crippen LogP contribution is 2.26. The summed E-state index contributed by atoms with van der Waals surface area (Å²) in [6.45, 7) is 13.6. The first-order valence-corrected chi connectivity index (χ1v) is 10.7. The van der Waals surface area contributed by atoms with Gasteiger partial charge in [0, 0.05) is 34.9 Å². The summed E-state index contributed by atoms with van der Waals surface area (Å²) in [5.41, 5.74) is 2.48. The number of carbonyl (C=O) groups is 3. The molecule has 0 bridgehead atoms. The Hall–Kier alpha value is -2.86. The van der Waals surface area contributed by atoms with E-state index in [9.17, 15) is 14.4 Å². The summed E-state index contributed by atoms with van der Waals surface area (Å²) in [6.07, 6.45) is 1.58. The van der Waals surface area contributed by atoms with E-state index < -0.39 is 12.0 Å². The maximum absolute atomic E-state index is 13.5. The predicted molar refractivity (Wildman–Crippen MR) is 122 cm³/mol. The average molecular weight is 445 g/mol. The second-order valence-electron chi connectivity index (χ2n) is 7.19. The van der Waals surface area contributed by atoms with Crippen LogP contribution in [0.2, 0.25) is 5.02 Å². The number of carbonyl (C=O) groups excluding carboxylic acids is 3. The lowest BCUT2D eigenvalue weighted by molar-refractivity contribution is 0.0512. The van der Waals surface area contributed by atoms with E-state index in [4.69, 9.17) is 16.3 Å². The first-order chi connectivity index (χ1) is 14.7. The van der Waals surface area contributed by atoms with Crippen molar-refractivity contribution in [1.82, 2.24) is 9.47 Å². The molecule has 166 valence electrons. The van der Waals surface area contributed by atoms with Gasteiger partial charge in [0.1, 0.15) is 5.69 Å². The molecule has 1 aromatic heterocycles. The van der Waals surface area contributed by atoms with Crippen molar-refractivity contribution in [2.24, 2.45) is 0 Å². The molecule has 0 saturated heterocycles. The van der Waals surface area contributed by atoms with Crippen LogP contribution in [0.4, 0.5) is 0 Å². The topological polar surface area (TPSA) is 68.6 Å². The number of hydrogen-bond acceptors (Lipinski definition) is 4. The zero-order chi connectivity index (χ0) is 23.3. The zero-order valence-corrected chi connectivity index (χ0v) is 19.5. The van der Waals surface area contributed by atoms with Crippen molar-refractivity contribution >= 4 is 29.3 Å². The van der Waals surface area contributed by atoms with Crippen LogP contribution in [0.1, 0.15) is 63.2 Å². The van der Waals surface area contributed by atoms with Gasteiger partial charge in [-0.1, -0.05) is 17.7 Å². The SMILES string of the molecule is C=CCN(C(=O)c1ccc(Cl)cc1)C(C)C(=O)c1c(C)c(C(=O)OCC)n(CC)c1C. The Kier molecular flexibility index (Phi) is 8.22. The van der Waals surface area contributed by atoms with Crippen LogP contribution in [0.3, 0.4) is 0 Å². The Morgan fingerprint density at radius 2 is 1.81 bits per heavy atom. The van der Waals surface area contributed by atoms with E-state index in [0.717, 1.165) is 0 Å². The van der Waals surface area contributed by atoms with Gasteiger partial charge in [-0.05, 0) is 64.4 Å². The summed E-state index contributed by atoms with van der Waals surface area (Å²) in [6, 6.07) is 5.76. The number of aromatic nitrogens is 1. The molecule has 1 unspecified atom stereocenters. The summed E-state index contributed by atoms with van der Waals surface area (Å²) in [5.74, 6) is -0.998. The Balaban J connectivity index is 2.48. The van der Waals surface area contributed by atoms with E-state index in [-0.39, 0.29) is 24.8 Å². The van der Waals surface area contributed by atoms with Gasteiger partial charge in [-0.25, -0.2) is 4.79 Å². The van der Waals surface area contributed by atoms with Crippen molar-refractivity contribution in [1.29, 1.82) is 0 Å². The van der Waals surface area contributed by atoms with Gasteiger partial charge in [0.2, 0.25) is 0 Å². The molecule has 31 heavy (non-hydrogen) atoms. The highest BCUT2D eigenvalue weighted by molar-refractivity contribution is 6.30. The van der Waals surface area contributed by atoms with E-state index in [1.807, 2.05) is 6.92 Å². The van der Waals surface area contributed by atoms with Crippen molar-refractivity contribution in [2.45, 2.75) is 47.2 Å². The van der Waals surface area contributed by atoms with Crippen LogP contribution in [0.5, 0.6) is 0 Å². The molecule has 1 amide bonds. The van der Waals surface area contributed by atoms with Crippen molar-refractivity contribution in [2.75, 3.05) is 13.2 Å². The number of rotatable bonds is 9. The predicted octanol–water partition coefficient (Wildman–Crippen LogP) is 4.85. The molecule has 2 rings (SSSR count). The fourth-order valence-electron chi connectivity index (χ4n) is 3.78. The van der Waals surface area contributed by atoms with Crippen molar-refractivity contribution in [3.63, 3.8) is 0 Å². The third kappa shape index (κ3) is 4.90. The molecule has 0 fully saturated rings. The van der Waals surface area contributed by atoms with Gasteiger partial charge in [0.25, 0.3) is 5.91 Å². The molecule has 0 spiro atoms. The summed E-state index contributed by atoms with van der Waals surface area (Å²) in [5, 5.41) is 0.523. The van der Waals surface area contributed by atoms with Crippen LogP contribution in [0, 0.1) is 13.8 Å². The normalized spacial score (nSPS) is 11.7. The van der Waals surface area contributed by atoms with E-state index in [1.54, 1.807) is 62.6 Å².